The molecule has 0 spiro atoms. The number of benzene rings is 2. The number of hydrogen-bond donors (Lipinski definition) is 1. The molecule has 100 valence electrons. The number of anilines is 1. The summed E-state index contributed by atoms with van der Waals surface area (Å²) in [6, 6.07) is 14.8. The van der Waals surface area contributed by atoms with Crippen LogP contribution in [0.15, 0.2) is 48.5 Å². The summed E-state index contributed by atoms with van der Waals surface area (Å²) in [7, 11) is 1.62. The minimum Gasteiger partial charge on any atom is -0.497 e. The summed E-state index contributed by atoms with van der Waals surface area (Å²) in [4.78, 5) is 8.32. The summed E-state index contributed by atoms with van der Waals surface area (Å²) in [5, 5.41) is 0.817. The van der Waals surface area contributed by atoms with E-state index in [1.165, 1.54) is 0 Å². The van der Waals surface area contributed by atoms with Gasteiger partial charge in [-0.2, -0.15) is 4.98 Å². The smallest absolute Gasteiger partial charge is 0.231 e. The highest BCUT2D eigenvalue weighted by molar-refractivity contribution is 5.84. The summed E-state index contributed by atoms with van der Waals surface area (Å²) >= 11 is 0. The Kier molecular flexibility index (Phi) is 3.09. The zero-order chi connectivity index (χ0) is 13.9. The predicted octanol–water partition coefficient (Wildman–Crippen LogP) is 3.01. The lowest BCUT2D eigenvalue weighted by molar-refractivity contribution is 0.412. The first-order chi connectivity index (χ1) is 9.76. The molecule has 2 aromatic carbocycles. The van der Waals surface area contributed by atoms with E-state index in [-0.39, 0.29) is 5.95 Å². The molecule has 3 aromatic rings. The summed E-state index contributed by atoms with van der Waals surface area (Å²) in [5.74, 6) is 2.06. The lowest BCUT2D eigenvalue weighted by atomic mass is 10.2. The van der Waals surface area contributed by atoms with E-state index < -0.39 is 0 Å². The Morgan fingerprint density at radius 3 is 2.35 bits per heavy atom. The second-order valence-corrected chi connectivity index (χ2v) is 4.18. The number of nitrogens with two attached hydrogens (primary N) is 1. The standard InChI is InChI=1S/C15H13N3O2/c1-19-10-6-8-11(9-7-10)20-14-12-4-2-3-5-13(12)17-15(16)18-14/h2-9H,1H3,(H2,16,17,18). The Morgan fingerprint density at radius 1 is 0.900 bits per heavy atom. The van der Waals surface area contributed by atoms with Crippen LogP contribution in [-0.4, -0.2) is 17.1 Å². The number of nitrogen functional groups attached to an aromatic ring is 1. The van der Waals surface area contributed by atoms with Gasteiger partial charge in [0.15, 0.2) is 0 Å². The molecule has 0 unspecified atom stereocenters. The van der Waals surface area contributed by atoms with E-state index in [2.05, 4.69) is 9.97 Å². The second kappa shape index (κ2) is 5.05. The van der Waals surface area contributed by atoms with Gasteiger partial charge in [-0.25, -0.2) is 4.98 Å². The highest BCUT2D eigenvalue weighted by atomic mass is 16.5. The summed E-state index contributed by atoms with van der Waals surface area (Å²) in [6.07, 6.45) is 0. The quantitative estimate of drug-likeness (QED) is 0.789. The summed E-state index contributed by atoms with van der Waals surface area (Å²) < 4.78 is 10.9. The summed E-state index contributed by atoms with van der Waals surface area (Å²) in [6.45, 7) is 0. The third-order valence-corrected chi connectivity index (χ3v) is 2.86. The van der Waals surface area contributed by atoms with Gasteiger partial charge in [-0.1, -0.05) is 12.1 Å². The molecule has 0 radical (unpaired) electrons. The Bertz CT molecular complexity index is 742. The number of methoxy groups -OCH3 is 1. The molecule has 0 bridgehead atoms. The molecule has 2 N–H and O–H groups in total. The van der Waals surface area contributed by atoms with Crippen molar-refractivity contribution in [3.63, 3.8) is 0 Å². The van der Waals surface area contributed by atoms with Crippen LogP contribution in [0.25, 0.3) is 10.9 Å². The average Bonchev–Trinajstić information content (AvgIpc) is 2.48. The molecule has 0 amide bonds. The molecule has 0 saturated heterocycles. The van der Waals surface area contributed by atoms with Gasteiger partial charge in [-0.05, 0) is 36.4 Å². The maximum atomic E-state index is 5.79. The van der Waals surface area contributed by atoms with E-state index in [4.69, 9.17) is 15.2 Å². The van der Waals surface area contributed by atoms with Crippen LogP contribution in [0.5, 0.6) is 17.4 Å². The van der Waals surface area contributed by atoms with E-state index in [0.29, 0.717) is 11.6 Å². The number of ether oxygens (including phenoxy) is 2. The minimum atomic E-state index is 0.187. The number of fused-ring (bicyclic) bond motifs is 1. The number of hydrogen-bond acceptors (Lipinski definition) is 5. The SMILES string of the molecule is COc1ccc(Oc2nc(N)nc3ccccc23)cc1. The number of rotatable bonds is 3. The fraction of sp³-hybridized carbons (Fsp3) is 0.0667. The Balaban J connectivity index is 2.01. The predicted molar refractivity (Wildman–Crippen MR) is 77.0 cm³/mol. The van der Waals surface area contributed by atoms with Gasteiger partial charge in [0, 0.05) is 0 Å². The van der Waals surface area contributed by atoms with E-state index in [1.54, 1.807) is 7.11 Å². The van der Waals surface area contributed by atoms with Crippen LogP contribution >= 0.6 is 0 Å². The van der Waals surface area contributed by atoms with Crippen molar-refractivity contribution < 1.29 is 9.47 Å². The second-order valence-electron chi connectivity index (χ2n) is 4.18. The molecular formula is C15H13N3O2. The maximum Gasteiger partial charge on any atom is 0.231 e. The zero-order valence-electron chi connectivity index (χ0n) is 10.9. The zero-order valence-corrected chi connectivity index (χ0v) is 10.9. The van der Waals surface area contributed by atoms with Gasteiger partial charge in [0.2, 0.25) is 11.8 Å². The largest absolute Gasteiger partial charge is 0.497 e. The van der Waals surface area contributed by atoms with Gasteiger partial charge in [0.25, 0.3) is 0 Å². The van der Waals surface area contributed by atoms with Crippen LogP contribution in [0, 0.1) is 0 Å². The van der Waals surface area contributed by atoms with Gasteiger partial charge in [-0.3, -0.25) is 0 Å². The first-order valence-electron chi connectivity index (χ1n) is 6.10. The van der Waals surface area contributed by atoms with Crippen molar-refractivity contribution >= 4 is 16.9 Å². The summed E-state index contributed by atoms with van der Waals surface area (Å²) in [5.41, 5.74) is 6.46. The van der Waals surface area contributed by atoms with Crippen LogP contribution in [0.2, 0.25) is 0 Å². The van der Waals surface area contributed by atoms with E-state index in [0.717, 1.165) is 16.7 Å². The van der Waals surface area contributed by atoms with Gasteiger partial charge in [0.05, 0.1) is 18.0 Å². The van der Waals surface area contributed by atoms with Crippen LogP contribution in [0.1, 0.15) is 0 Å². The molecule has 0 aliphatic carbocycles. The van der Waals surface area contributed by atoms with Crippen LogP contribution in [0.4, 0.5) is 5.95 Å². The van der Waals surface area contributed by atoms with E-state index in [1.807, 2.05) is 48.5 Å². The molecule has 5 heteroatoms. The Morgan fingerprint density at radius 2 is 1.60 bits per heavy atom. The van der Waals surface area contributed by atoms with Crippen molar-refractivity contribution in [2.45, 2.75) is 0 Å². The topological polar surface area (TPSA) is 70.3 Å². The highest BCUT2D eigenvalue weighted by Crippen LogP contribution is 2.28. The van der Waals surface area contributed by atoms with Gasteiger partial charge >= 0.3 is 0 Å². The van der Waals surface area contributed by atoms with Crippen LogP contribution in [0.3, 0.4) is 0 Å². The molecule has 0 fully saturated rings. The average molecular weight is 267 g/mol. The van der Waals surface area contributed by atoms with Crippen molar-refractivity contribution in [3.05, 3.63) is 48.5 Å². The van der Waals surface area contributed by atoms with Crippen molar-refractivity contribution in [3.8, 4) is 17.4 Å². The normalized spacial score (nSPS) is 10.4. The molecule has 0 saturated carbocycles. The van der Waals surface area contributed by atoms with Crippen LogP contribution < -0.4 is 15.2 Å². The van der Waals surface area contributed by atoms with Crippen molar-refractivity contribution in [2.24, 2.45) is 0 Å². The molecular weight excluding hydrogens is 254 g/mol. The molecule has 1 heterocycles. The first kappa shape index (κ1) is 12.2. The first-order valence-corrected chi connectivity index (χ1v) is 6.10. The molecule has 3 rings (SSSR count). The van der Waals surface area contributed by atoms with Gasteiger partial charge < -0.3 is 15.2 Å². The fourth-order valence-electron chi connectivity index (χ4n) is 1.90. The van der Waals surface area contributed by atoms with E-state index in [9.17, 15) is 0 Å². The van der Waals surface area contributed by atoms with Crippen LogP contribution in [-0.2, 0) is 0 Å². The Hall–Kier alpha value is -2.82. The molecule has 0 atom stereocenters. The van der Waals surface area contributed by atoms with E-state index >= 15 is 0 Å². The lowest BCUT2D eigenvalue weighted by Crippen LogP contribution is -1.98. The number of aromatic nitrogens is 2. The van der Waals surface area contributed by atoms with Crippen molar-refractivity contribution in [1.82, 2.24) is 9.97 Å². The van der Waals surface area contributed by atoms with Crippen molar-refractivity contribution in [2.75, 3.05) is 12.8 Å². The fourth-order valence-corrected chi connectivity index (χ4v) is 1.90. The lowest BCUT2D eigenvalue weighted by Gasteiger charge is -2.08. The molecule has 20 heavy (non-hydrogen) atoms. The third-order valence-electron chi connectivity index (χ3n) is 2.86. The molecule has 1 aromatic heterocycles. The van der Waals surface area contributed by atoms with Gasteiger partial charge in [-0.15, -0.1) is 0 Å². The third kappa shape index (κ3) is 2.33. The highest BCUT2D eigenvalue weighted by Gasteiger charge is 2.08. The monoisotopic (exact) mass is 267 g/mol. The molecule has 0 aliphatic rings. The van der Waals surface area contributed by atoms with Crippen molar-refractivity contribution in [1.29, 1.82) is 0 Å². The maximum absolute atomic E-state index is 5.79. The minimum absolute atomic E-state index is 0.187. The Labute approximate surface area is 116 Å². The van der Waals surface area contributed by atoms with Gasteiger partial charge in [0.1, 0.15) is 11.5 Å². The number of para-hydroxylation sites is 1. The number of nitrogens with zero attached hydrogens (tertiary/aromatic N) is 2. The molecule has 0 aliphatic heterocycles. The molecule has 5 nitrogen and oxygen atoms in total.